The van der Waals surface area contributed by atoms with E-state index in [1.807, 2.05) is 12.1 Å². The molecule has 0 radical (unpaired) electrons. The molecule has 1 aliphatic rings. The molecule has 0 bridgehead atoms. The Morgan fingerprint density at radius 1 is 1.30 bits per heavy atom. The third kappa shape index (κ3) is 5.67. The number of aryl methyl sites for hydroxylation is 1. The molecule has 0 aromatic heterocycles. The largest absolute Gasteiger partial charge is 0.495 e. The lowest BCUT2D eigenvalue weighted by atomic mass is 10.2. The van der Waals surface area contributed by atoms with Gasteiger partial charge in [0, 0.05) is 24.2 Å². The molecule has 1 fully saturated rings. The minimum atomic E-state index is 0.222. The molecule has 0 spiro atoms. The van der Waals surface area contributed by atoms with Gasteiger partial charge < -0.3 is 19.7 Å². The molecule has 1 atom stereocenters. The number of hydrogen-bond donors (Lipinski definition) is 1. The van der Waals surface area contributed by atoms with Crippen LogP contribution in [-0.2, 0) is 11.3 Å². The van der Waals surface area contributed by atoms with Gasteiger partial charge in [-0.2, -0.15) is 0 Å². The van der Waals surface area contributed by atoms with Crippen LogP contribution < -0.4 is 10.1 Å². The summed E-state index contributed by atoms with van der Waals surface area (Å²) >= 11 is 9.26. The molecule has 1 aliphatic heterocycles. The maximum atomic E-state index is 5.84. The quantitative estimate of drug-likeness (QED) is 0.618. The number of rotatable bonds is 6. The van der Waals surface area contributed by atoms with Crippen LogP contribution in [0, 0.1) is 6.92 Å². The van der Waals surface area contributed by atoms with Gasteiger partial charge in [0.2, 0.25) is 0 Å². The first kappa shape index (κ1) is 20.1. The Labute approximate surface area is 175 Å². The van der Waals surface area contributed by atoms with Crippen LogP contribution in [-0.4, -0.2) is 36.4 Å². The van der Waals surface area contributed by atoms with E-state index in [9.17, 15) is 0 Å². The number of halogens is 1. The zero-order valence-electron chi connectivity index (χ0n) is 15.7. The van der Waals surface area contributed by atoms with Crippen LogP contribution in [0.5, 0.6) is 5.75 Å². The average molecular weight is 449 g/mol. The number of nitrogens with zero attached hydrogens (tertiary/aromatic N) is 1. The summed E-state index contributed by atoms with van der Waals surface area (Å²) in [5, 5.41) is 4.05. The fourth-order valence-corrected chi connectivity index (χ4v) is 3.69. The van der Waals surface area contributed by atoms with Crippen molar-refractivity contribution in [2.45, 2.75) is 32.4 Å². The summed E-state index contributed by atoms with van der Waals surface area (Å²) in [6.45, 7) is 4.39. The van der Waals surface area contributed by atoms with E-state index in [0.717, 1.165) is 54.0 Å². The highest BCUT2D eigenvalue weighted by molar-refractivity contribution is 9.10. The van der Waals surface area contributed by atoms with E-state index in [1.54, 1.807) is 7.11 Å². The molecule has 6 heteroatoms. The zero-order chi connectivity index (χ0) is 19.2. The van der Waals surface area contributed by atoms with Gasteiger partial charge in [0.25, 0.3) is 0 Å². The fraction of sp³-hybridized carbons (Fsp3) is 0.381. The SMILES string of the molecule is COc1ccc(C)cc1NC(=S)N(Cc1ccc(Br)cc1)CC1CCCO1. The Hall–Kier alpha value is -1.63. The molecule has 4 nitrogen and oxygen atoms in total. The summed E-state index contributed by atoms with van der Waals surface area (Å²) in [7, 11) is 1.67. The molecule has 1 heterocycles. The molecule has 1 saturated heterocycles. The monoisotopic (exact) mass is 448 g/mol. The van der Waals surface area contributed by atoms with Crippen LogP contribution in [0.4, 0.5) is 5.69 Å². The van der Waals surface area contributed by atoms with Gasteiger partial charge in [-0.25, -0.2) is 0 Å². The topological polar surface area (TPSA) is 33.7 Å². The second kappa shape index (κ2) is 9.53. The molecular weight excluding hydrogens is 424 g/mol. The number of nitrogens with one attached hydrogen (secondary N) is 1. The average Bonchev–Trinajstić information content (AvgIpc) is 3.16. The lowest BCUT2D eigenvalue weighted by Gasteiger charge is -2.29. The minimum Gasteiger partial charge on any atom is -0.495 e. The van der Waals surface area contributed by atoms with Gasteiger partial charge >= 0.3 is 0 Å². The molecule has 2 aromatic rings. The van der Waals surface area contributed by atoms with Crippen molar-refractivity contribution in [3.63, 3.8) is 0 Å². The van der Waals surface area contributed by atoms with E-state index in [2.05, 4.69) is 63.4 Å². The Bertz CT molecular complexity index is 776. The summed E-state index contributed by atoms with van der Waals surface area (Å²) in [5.74, 6) is 0.781. The summed E-state index contributed by atoms with van der Waals surface area (Å²) in [6.07, 6.45) is 2.41. The van der Waals surface area contributed by atoms with Crippen LogP contribution in [0.1, 0.15) is 24.0 Å². The van der Waals surface area contributed by atoms with E-state index < -0.39 is 0 Å². The van der Waals surface area contributed by atoms with E-state index >= 15 is 0 Å². The Kier molecular flexibility index (Phi) is 7.10. The van der Waals surface area contributed by atoms with Gasteiger partial charge in [-0.3, -0.25) is 0 Å². The van der Waals surface area contributed by atoms with Crippen molar-refractivity contribution in [1.82, 2.24) is 4.90 Å². The van der Waals surface area contributed by atoms with Crippen molar-refractivity contribution in [2.24, 2.45) is 0 Å². The fourth-order valence-electron chi connectivity index (χ4n) is 3.18. The number of anilines is 1. The van der Waals surface area contributed by atoms with E-state index in [1.165, 1.54) is 5.56 Å². The molecule has 27 heavy (non-hydrogen) atoms. The Balaban J connectivity index is 1.77. The summed E-state index contributed by atoms with van der Waals surface area (Å²) in [5.41, 5.74) is 3.24. The standard InChI is InChI=1S/C21H25BrN2O2S/c1-15-5-10-20(25-2)19(12-15)23-21(27)24(14-18-4-3-11-26-18)13-16-6-8-17(22)9-7-16/h5-10,12,18H,3-4,11,13-14H2,1-2H3,(H,23,27). The van der Waals surface area contributed by atoms with E-state index in [-0.39, 0.29) is 6.10 Å². The van der Waals surface area contributed by atoms with Crippen LogP contribution >= 0.6 is 28.1 Å². The van der Waals surface area contributed by atoms with E-state index in [4.69, 9.17) is 21.7 Å². The first-order valence-electron chi connectivity index (χ1n) is 9.12. The predicted octanol–water partition coefficient (Wildman–Crippen LogP) is 5.14. The van der Waals surface area contributed by atoms with Gasteiger partial charge in [-0.1, -0.05) is 34.1 Å². The van der Waals surface area contributed by atoms with Crippen molar-refractivity contribution in [1.29, 1.82) is 0 Å². The lowest BCUT2D eigenvalue weighted by Crippen LogP contribution is -2.39. The third-order valence-corrected chi connectivity index (χ3v) is 5.51. The number of benzene rings is 2. The lowest BCUT2D eigenvalue weighted by molar-refractivity contribution is 0.0905. The van der Waals surface area contributed by atoms with E-state index in [0.29, 0.717) is 5.11 Å². The number of ether oxygens (including phenoxy) is 2. The van der Waals surface area contributed by atoms with Gasteiger partial charge in [0.1, 0.15) is 5.75 Å². The summed E-state index contributed by atoms with van der Waals surface area (Å²) < 4.78 is 12.4. The maximum absolute atomic E-state index is 5.84. The molecule has 0 aliphatic carbocycles. The second-order valence-corrected chi connectivity index (χ2v) is 8.08. The summed E-state index contributed by atoms with van der Waals surface area (Å²) in [6, 6.07) is 14.4. The number of thiocarbonyl (C=S) groups is 1. The van der Waals surface area contributed by atoms with Crippen molar-refractivity contribution in [3.8, 4) is 5.75 Å². The zero-order valence-corrected chi connectivity index (χ0v) is 18.1. The Morgan fingerprint density at radius 3 is 2.74 bits per heavy atom. The predicted molar refractivity (Wildman–Crippen MR) is 117 cm³/mol. The van der Waals surface area contributed by atoms with Gasteiger partial charge in [0.15, 0.2) is 5.11 Å². The highest BCUT2D eigenvalue weighted by Gasteiger charge is 2.21. The van der Waals surface area contributed by atoms with Crippen molar-refractivity contribution in [3.05, 3.63) is 58.1 Å². The molecule has 2 aromatic carbocycles. The van der Waals surface area contributed by atoms with Crippen LogP contribution in [0.25, 0.3) is 0 Å². The third-order valence-electron chi connectivity index (χ3n) is 4.62. The molecule has 1 unspecified atom stereocenters. The highest BCUT2D eigenvalue weighted by atomic mass is 79.9. The first-order valence-corrected chi connectivity index (χ1v) is 10.3. The molecule has 3 rings (SSSR count). The van der Waals surface area contributed by atoms with Gasteiger partial charge in [-0.05, 0) is 67.4 Å². The smallest absolute Gasteiger partial charge is 0.173 e. The first-order chi connectivity index (χ1) is 13.0. The van der Waals surface area contributed by atoms with Crippen molar-refractivity contribution < 1.29 is 9.47 Å². The second-order valence-electron chi connectivity index (χ2n) is 6.78. The van der Waals surface area contributed by atoms with Gasteiger partial charge in [-0.15, -0.1) is 0 Å². The maximum Gasteiger partial charge on any atom is 0.173 e. The molecule has 0 amide bonds. The van der Waals surface area contributed by atoms with Crippen LogP contribution in [0.3, 0.4) is 0 Å². The minimum absolute atomic E-state index is 0.222. The molecule has 0 saturated carbocycles. The summed E-state index contributed by atoms with van der Waals surface area (Å²) in [4.78, 5) is 2.18. The molecule has 1 N–H and O–H groups in total. The number of hydrogen-bond acceptors (Lipinski definition) is 3. The van der Waals surface area contributed by atoms with Crippen molar-refractivity contribution in [2.75, 3.05) is 25.6 Å². The highest BCUT2D eigenvalue weighted by Crippen LogP contribution is 2.26. The number of methoxy groups -OCH3 is 1. The van der Waals surface area contributed by atoms with Crippen LogP contribution in [0.15, 0.2) is 46.9 Å². The van der Waals surface area contributed by atoms with Crippen molar-refractivity contribution >= 4 is 38.9 Å². The molecular formula is C21H25BrN2O2S. The Morgan fingerprint density at radius 2 is 2.07 bits per heavy atom. The van der Waals surface area contributed by atoms with Crippen LogP contribution in [0.2, 0.25) is 0 Å². The van der Waals surface area contributed by atoms with Gasteiger partial charge in [0.05, 0.1) is 18.9 Å². The normalized spacial score (nSPS) is 16.2. The molecule has 144 valence electrons.